The Morgan fingerprint density at radius 1 is 1.14 bits per heavy atom. The number of ether oxygens (including phenoxy) is 3. The second-order valence-electron chi connectivity index (χ2n) is 5.76. The molecule has 1 N–H and O–H groups in total. The summed E-state index contributed by atoms with van der Waals surface area (Å²) >= 11 is 0. The zero-order chi connectivity index (χ0) is 15.1. The van der Waals surface area contributed by atoms with Gasteiger partial charge in [-0.15, -0.1) is 0 Å². The maximum atomic E-state index is 5.86. The Morgan fingerprint density at radius 3 is 2.48 bits per heavy atom. The Bertz CT molecular complexity index is 414. The summed E-state index contributed by atoms with van der Waals surface area (Å²) in [5.41, 5.74) is 0. The SMILES string of the molecule is COc1cccc(OC)c1OCCNC1CCCC(C)C1. The summed E-state index contributed by atoms with van der Waals surface area (Å²) in [5.74, 6) is 2.94. The molecule has 118 valence electrons. The van der Waals surface area contributed by atoms with Gasteiger partial charge in [-0.2, -0.15) is 0 Å². The van der Waals surface area contributed by atoms with Crippen molar-refractivity contribution in [3.05, 3.63) is 18.2 Å². The van der Waals surface area contributed by atoms with Gasteiger partial charge >= 0.3 is 0 Å². The molecule has 1 aromatic rings. The van der Waals surface area contributed by atoms with Gasteiger partial charge in [0, 0.05) is 12.6 Å². The average Bonchev–Trinajstić information content (AvgIpc) is 2.51. The first-order valence-corrected chi connectivity index (χ1v) is 7.81. The van der Waals surface area contributed by atoms with E-state index in [1.54, 1.807) is 14.2 Å². The molecule has 21 heavy (non-hydrogen) atoms. The highest BCUT2D eigenvalue weighted by Gasteiger charge is 2.18. The van der Waals surface area contributed by atoms with Gasteiger partial charge in [-0.05, 0) is 30.9 Å². The van der Waals surface area contributed by atoms with Crippen LogP contribution in [0.15, 0.2) is 18.2 Å². The Kier molecular flexibility index (Phi) is 6.18. The van der Waals surface area contributed by atoms with Crippen LogP contribution in [0.1, 0.15) is 32.6 Å². The van der Waals surface area contributed by atoms with Crippen LogP contribution >= 0.6 is 0 Å². The van der Waals surface area contributed by atoms with Crippen LogP contribution in [0.4, 0.5) is 0 Å². The van der Waals surface area contributed by atoms with E-state index in [4.69, 9.17) is 14.2 Å². The van der Waals surface area contributed by atoms with Crippen LogP contribution in [0, 0.1) is 5.92 Å². The molecule has 0 aromatic heterocycles. The molecule has 2 atom stereocenters. The fourth-order valence-corrected chi connectivity index (χ4v) is 3.00. The van der Waals surface area contributed by atoms with Gasteiger partial charge in [-0.1, -0.05) is 25.8 Å². The Balaban J connectivity index is 1.80. The van der Waals surface area contributed by atoms with Crippen molar-refractivity contribution < 1.29 is 14.2 Å². The molecule has 4 nitrogen and oxygen atoms in total. The van der Waals surface area contributed by atoms with E-state index in [1.165, 1.54) is 25.7 Å². The van der Waals surface area contributed by atoms with Crippen molar-refractivity contribution in [3.8, 4) is 17.2 Å². The third-order valence-electron chi connectivity index (χ3n) is 4.10. The van der Waals surface area contributed by atoms with Crippen molar-refractivity contribution in [2.24, 2.45) is 5.92 Å². The molecule has 0 amide bonds. The molecule has 2 unspecified atom stereocenters. The molecule has 0 radical (unpaired) electrons. The topological polar surface area (TPSA) is 39.7 Å². The molecule has 2 rings (SSSR count). The zero-order valence-corrected chi connectivity index (χ0v) is 13.4. The number of benzene rings is 1. The summed E-state index contributed by atoms with van der Waals surface area (Å²) in [6.45, 7) is 3.80. The van der Waals surface area contributed by atoms with Crippen LogP contribution in [0.2, 0.25) is 0 Å². The smallest absolute Gasteiger partial charge is 0.203 e. The lowest BCUT2D eigenvalue weighted by Crippen LogP contribution is -2.36. The van der Waals surface area contributed by atoms with E-state index in [2.05, 4.69) is 12.2 Å². The molecule has 1 aliphatic carbocycles. The van der Waals surface area contributed by atoms with Crippen molar-refractivity contribution >= 4 is 0 Å². The maximum absolute atomic E-state index is 5.86. The Labute approximate surface area is 127 Å². The van der Waals surface area contributed by atoms with Crippen LogP contribution in [-0.2, 0) is 0 Å². The number of rotatable bonds is 7. The van der Waals surface area contributed by atoms with E-state index >= 15 is 0 Å². The molecule has 1 aromatic carbocycles. The molecule has 0 bridgehead atoms. The quantitative estimate of drug-likeness (QED) is 0.783. The van der Waals surface area contributed by atoms with Crippen molar-refractivity contribution in [2.75, 3.05) is 27.4 Å². The molecule has 0 saturated heterocycles. The summed E-state index contributed by atoms with van der Waals surface area (Å²) in [6.07, 6.45) is 5.26. The largest absolute Gasteiger partial charge is 0.493 e. The van der Waals surface area contributed by atoms with Gasteiger partial charge in [0.05, 0.1) is 14.2 Å². The summed E-state index contributed by atoms with van der Waals surface area (Å²) in [7, 11) is 3.28. The van der Waals surface area contributed by atoms with Crippen molar-refractivity contribution in [1.29, 1.82) is 0 Å². The van der Waals surface area contributed by atoms with E-state index < -0.39 is 0 Å². The standard InChI is InChI=1S/C17H27NO3/c1-13-6-4-7-14(12-13)18-10-11-21-17-15(19-2)8-5-9-16(17)20-3/h5,8-9,13-14,18H,4,6-7,10-12H2,1-3H3. The van der Waals surface area contributed by atoms with Gasteiger partial charge in [0.2, 0.25) is 5.75 Å². The van der Waals surface area contributed by atoms with Crippen molar-refractivity contribution in [1.82, 2.24) is 5.32 Å². The maximum Gasteiger partial charge on any atom is 0.203 e. The van der Waals surface area contributed by atoms with E-state index in [9.17, 15) is 0 Å². The minimum Gasteiger partial charge on any atom is -0.493 e. The van der Waals surface area contributed by atoms with Crippen LogP contribution in [-0.4, -0.2) is 33.4 Å². The first kappa shape index (κ1) is 16.0. The predicted molar refractivity (Wildman–Crippen MR) is 84.5 cm³/mol. The molecular weight excluding hydrogens is 266 g/mol. The number of hydrogen-bond acceptors (Lipinski definition) is 4. The number of hydrogen-bond donors (Lipinski definition) is 1. The normalized spacial score (nSPS) is 21.9. The fraction of sp³-hybridized carbons (Fsp3) is 0.647. The third kappa shape index (κ3) is 4.53. The fourth-order valence-electron chi connectivity index (χ4n) is 3.00. The minimum absolute atomic E-state index is 0.613. The highest BCUT2D eigenvalue weighted by Crippen LogP contribution is 2.36. The van der Waals surface area contributed by atoms with Crippen molar-refractivity contribution in [3.63, 3.8) is 0 Å². The lowest BCUT2D eigenvalue weighted by atomic mass is 9.87. The van der Waals surface area contributed by atoms with Gasteiger partial charge in [-0.3, -0.25) is 0 Å². The van der Waals surface area contributed by atoms with Gasteiger partial charge in [0.1, 0.15) is 6.61 Å². The first-order chi connectivity index (χ1) is 10.2. The molecule has 0 aliphatic heterocycles. The number of nitrogens with one attached hydrogen (secondary N) is 1. The Hall–Kier alpha value is -1.42. The number of methoxy groups -OCH3 is 2. The van der Waals surface area contributed by atoms with Crippen LogP contribution < -0.4 is 19.5 Å². The van der Waals surface area contributed by atoms with Crippen LogP contribution in [0.5, 0.6) is 17.2 Å². The Morgan fingerprint density at radius 2 is 1.86 bits per heavy atom. The first-order valence-electron chi connectivity index (χ1n) is 7.81. The molecule has 0 heterocycles. The lowest BCUT2D eigenvalue weighted by molar-refractivity contribution is 0.250. The van der Waals surface area contributed by atoms with Gasteiger partial charge in [0.25, 0.3) is 0 Å². The summed E-state index contributed by atoms with van der Waals surface area (Å²) < 4.78 is 16.5. The monoisotopic (exact) mass is 293 g/mol. The molecule has 1 fully saturated rings. The second kappa shape index (κ2) is 8.13. The van der Waals surface area contributed by atoms with Crippen LogP contribution in [0.3, 0.4) is 0 Å². The van der Waals surface area contributed by atoms with Crippen molar-refractivity contribution in [2.45, 2.75) is 38.6 Å². The predicted octanol–water partition coefficient (Wildman–Crippen LogP) is 3.25. The van der Waals surface area contributed by atoms with Gasteiger partial charge < -0.3 is 19.5 Å². The summed E-state index contributed by atoms with van der Waals surface area (Å²) in [4.78, 5) is 0. The van der Waals surface area contributed by atoms with Gasteiger partial charge in [0.15, 0.2) is 11.5 Å². The summed E-state index contributed by atoms with van der Waals surface area (Å²) in [5, 5.41) is 3.59. The van der Waals surface area contributed by atoms with E-state index in [-0.39, 0.29) is 0 Å². The highest BCUT2D eigenvalue weighted by molar-refractivity contribution is 5.51. The van der Waals surface area contributed by atoms with Gasteiger partial charge in [-0.25, -0.2) is 0 Å². The number of para-hydroxylation sites is 1. The minimum atomic E-state index is 0.613. The van der Waals surface area contributed by atoms with E-state index in [1.807, 2.05) is 18.2 Å². The zero-order valence-electron chi connectivity index (χ0n) is 13.4. The van der Waals surface area contributed by atoms with E-state index in [0.717, 1.165) is 12.5 Å². The van der Waals surface area contributed by atoms with Crippen LogP contribution in [0.25, 0.3) is 0 Å². The third-order valence-corrected chi connectivity index (χ3v) is 4.10. The lowest BCUT2D eigenvalue weighted by Gasteiger charge is -2.27. The highest BCUT2D eigenvalue weighted by atomic mass is 16.5. The molecule has 4 heteroatoms. The molecule has 1 saturated carbocycles. The van der Waals surface area contributed by atoms with E-state index in [0.29, 0.717) is 29.9 Å². The summed E-state index contributed by atoms with van der Waals surface area (Å²) in [6, 6.07) is 6.30. The second-order valence-corrected chi connectivity index (χ2v) is 5.76. The average molecular weight is 293 g/mol. The molecule has 0 spiro atoms. The molecule has 1 aliphatic rings. The molecular formula is C17H27NO3.